The van der Waals surface area contributed by atoms with Crippen molar-refractivity contribution < 1.29 is 18.3 Å². The number of halogens is 1. The molecule has 0 bridgehead atoms. The Hall–Kier alpha value is -3.15. The van der Waals surface area contributed by atoms with E-state index in [0.717, 1.165) is 5.56 Å². The summed E-state index contributed by atoms with van der Waals surface area (Å²) in [5.74, 6) is 0.540. The van der Waals surface area contributed by atoms with E-state index in [2.05, 4.69) is 10.3 Å². The van der Waals surface area contributed by atoms with Crippen molar-refractivity contribution in [3.05, 3.63) is 65.3 Å². The molecule has 1 N–H and O–H groups in total. The number of hydrogen-bond acceptors (Lipinski definition) is 4. The van der Waals surface area contributed by atoms with E-state index in [1.807, 2.05) is 19.1 Å². The summed E-state index contributed by atoms with van der Waals surface area (Å²) in [7, 11) is 1.54. The minimum atomic E-state index is -0.422. The lowest BCUT2D eigenvalue weighted by atomic mass is 10.2. The van der Waals surface area contributed by atoms with E-state index in [4.69, 9.17) is 9.15 Å². The number of nitrogens with one attached hydrogen (secondary N) is 1. The van der Waals surface area contributed by atoms with Crippen LogP contribution >= 0.6 is 0 Å². The third-order valence-corrected chi connectivity index (χ3v) is 3.95. The molecule has 2 aromatic carbocycles. The Morgan fingerprint density at radius 2 is 2.00 bits per heavy atom. The topological polar surface area (TPSA) is 64.4 Å². The summed E-state index contributed by atoms with van der Waals surface area (Å²) in [6, 6.07) is 11.7. The Kier molecular flexibility index (Phi) is 5.02. The summed E-state index contributed by atoms with van der Waals surface area (Å²) in [5, 5.41) is 2.82. The molecule has 1 aromatic heterocycles. The van der Waals surface area contributed by atoms with Crippen molar-refractivity contribution in [2.75, 3.05) is 12.4 Å². The van der Waals surface area contributed by atoms with Gasteiger partial charge in [-0.15, -0.1) is 0 Å². The number of amides is 1. The molecular weight excluding hydrogens is 335 g/mol. The van der Waals surface area contributed by atoms with Crippen LogP contribution in [0.25, 0.3) is 11.5 Å². The van der Waals surface area contributed by atoms with Crippen LogP contribution in [0.1, 0.15) is 17.0 Å². The fourth-order valence-electron chi connectivity index (χ4n) is 2.61. The van der Waals surface area contributed by atoms with Gasteiger partial charge in [-0.1, -0.05) is 18.2 Å². The number of nitrogens with zero attached hydrogens (tertiary/aromatic N) is 1. The second-order valence-corrected chi connectivity index (χ2v) is 5.93. The van der Waals surface area contributed by atoms with E-state index in [1.165, 1.54) is 6.07 Å². The van der Waals surface area contributed by atoms with Crippen molar-refractivity contribution in [3.8, 4) is 17.2 Å². The van der Waals surface area contributed by atoms with Crippen molar-refractivity contribution in [1.29, 1.82) is 0 Å². The minimum absolute atomic E-state index is 0.0148. The number of carbonyl (C=O) groups is 1. The van der Waals surface area contributed by atoms with E-state index < -0.39 is 5.82 Å². The number of methoxy groups -OCH3 is 1. The number of hydrogen-bond donors (Lipinski definition) is 1. The van der Waals surface area contributed by atoms with Gasteiger partial charge in [-0.25, -0.2) is 9.37 Å². The highest BCUT2D eigenvalue weighted by molar-refractivity contribution is 5.93. The molecule has 1 amide bonds. The van der Waals surface area contributed by atoms with Gasteiger partial charge in [0.1, 0.15) is 17.3 Å². The first-order valence-electron chi connectivity index (χ1n) is 8.13. The maximum atomic E-state index is 13.9. The number of carbonyl (C=O) groups excluding carboxylic acids is 1. The quantitative estimate of drug-likeness (QED) is 0.742. The smallest absolute Gasteiger partial charge is 0.230 e. The van der Waals surface area contributed by atoms with Gasteiger partial charge in [0.05, 0.1) is 30.5 Å². The van der Waals surface area contributed by atoms with Crippen LogP contribution in [0, 0.1) is 19.7 Å². The van der Waals surface area contributed by atoms with Crippen LogP contribution in [0.15, 0.2) is 46.9 Å². The van der Waals surface area contributed by atoms with Crippen molar-refractivity contribution in [3.63, 3.8) is 0 Å². The zero-order chi connectivity index (χ0) is 18.7. The van der Waals surface area contributed by atoms with Crippen LogP contribution in [0.2, 0.25) is 0 Å². The fourth-order valence-corrected chi connectivity index (χ4v) is 2.61. The Morgan fingerprint density at radius 3 is 2.73 bits per heavy atom. The van der Waals surface area contributed by atoms with E-state index in [-0.39, 0.29) is 23.8 Å². The lowest BCUT2D eigenvalue weighted by Gasteiger charge is -2.10. The second kappa shape index (κ2) is 7.39. The Morgan fingerprint density at radius 1 is 1.23 bits per heavy atom. The monoisotopic (exact) mass is 354 g/mol. The molecule has 0 spiro atoms. The van der Waals surface area contributed by atoms with Crippen molar-refractivity contribution in [2.45, 2.75) is 20.3 Å². The van der Waals surface area contributed by atoms with E-state index >= 15 is 0 Å². The molecule has 5 nitrogen and oxygen atoms in total. The number of aromatic nitrogens is 1. The van der Waals surface area contributed by atoms with Gasteiger partial charge in [0.25, 0.3) is 0 Å². The molecule has 0 unspecified atom stereocenters. The molecule has 0 saturated carbocycles. The molecule has 3 aromatic rings. The second-order valence-electron chi connectivity index (χ2n) is 5.93. The molecule has 0 radical (unpaired) electrons. The normalized spacial score (nSPS) is 10.6. The summed E-state index contributed by atoms with van der Waals surface area (Å²) in [4.78, 5) is 16.7. The molecule has 0 aliphatic rings. The van der Waals surface area contributed by atoms with E-state index in [1.54, 1.807) is 38.3 Å². The van der Waals surface area contributed by atoms with Crippen LogP contribution in [0.4, 0.5) is 10.1 Å². The number of oxazole rings is 1. The number of anilines is 1. The SMILES string of the molecule is COc1ccc(C)cc1NC(=O)Cc1nc(-c2ccccc2F)oc1C. The van der Waals surface area contributed by atoms with Gasteiger partial charge in [0, 0.05) is 0 Å². The molecule has 0 fully saturated rings. The van der Waals surface area contributed by atoms with Crippen LogP contribution in [-0.2, 0) is 11.2 Å². The molecule has 0 saturated heterocycles. The molecule has 134 valence electrons. The van der Waals surface area contributed by atoms with Crippen molar-refractivity contribution in [1.82, 2.24) is 4.98 Å². The summed E-state index contributed by atoms with van der Waals surface area (Å²) >= 11 is 0. The average Bonchev–Trinajstić information content (AvgIpc) is 2.96. The average molecular weight is 354 g/mol. The zero-order valence-electron chi connectivity index (χ0n) is 14.8. The van der Waals surface area contributed by atoms with Crippen LogP contribution in [-0.4, -0.2) is 18.0 Å². The maximum absolute atomic E-state index is 13.9. The largest absolute Gasteiger partial charge is 0.495 e. The van der Waals surface area contributed by atoms with Gasteiger partial charge in [-0.2, -0.15) is 0 Å². The Labute approximate surface area is 150 Å². The first-order valence-corrected chi connectivity index (χ1v) is 8.13. The number of ether oxygens (including phenoxy) is 1. The summed E-state index contributed by atoms with van der Waals surface area (Å²) in [6.07, 6.45) is 0.0148. The van der Waals surface area contributed by atoms with Gasteiger partial charge < -0.3 is 14.5 Å². The molecular formula is C20H19FN2O3. The van der Waals surface area contributed by atoms with Gasteiger partial charge in [0.15, 0.2) is 0 Å². The lowest BCUT2D eigenvalue weighted by molar-refractivity contribution is -0.115. The third-order valence-electron chi connectivity index (χ3n) is 3.95. The molecule has 26 heavy (non-hydrogen) atoms. The van der Waals surface area contributed by atoms with Gasteiger partial charge in [-0.3, -0.25) is 4.79 Å². The van der Waals surface area contributed by atoms with E-state index in [9.17, 15) is 9.18 Å². The molecule has 0 aliphatic carbocycles. The lowest BCUT2D eigenvalue weighted by Crippen LogP contribution is -2.16. The highest BCUT2D eigenvalue weighted by Gasteiger charge is 2.17. The van der Waals surface area contributed by atoms with Crippen molar-refractivity contribution >= 4 is 11.6 Å². The fraction of sp³-hybridized carbons (Fsp3) is 0.200. The predicted octanol–water partition coefficient (Wildman–Crippen LogP) is 4.29. The predicted molar refractivity (Wildman–Crippen MR) is 96.7 cm³/mol. The van der Waals surface area contributed by atoms with Gasteiger partial charge in [-0.05, 0) is 43.7 Å². The Bertz CT molecular complexity index is 950. The highest BCUT2D eigenvalue weighted by atomic mass is 19.1. The third kappa shape index (κ3) is 3.74. The van der Waals surface area contributed by atoms with E-state index in [0.29, 0.717) is 22.9 Å². The summed E-state index contributed by atoms with van der Waals surface area (Å²) < 4.78 is 24.7. The first kappa shape index (κ1) is 17.7. The summed E-state index contributed by atoms with van der Waals surface area (Å²) in [6.45, 7) is 3.63. The number of aryl methyl sites for hydroxylation is 2. The molecule has 0 atom stereocenters. The maximum Gasteiger partial charge on any atom is 0.230 e. The van der Waals surface area contributed by atoms with Crippen molar-refractivity contribution in [2.24, 2.45) is 0 Å². The molecule has 6 heteroatoms. The first-order chi connectivity index (χ1) is 12.5. The number of rotatable bonds is 5. The van der Waals surface area contributed by atoms with Gasteiger partial charge >= 0.3 is 0 Å². The summed E-state index contributed by atoms with van der Waals surface area (Å²) in [5.41, 5.74) is 2.32. The van der Waals surface area contributed by atoms with Crippen LogP contribution < -0.4 is 10.1 Å². The zero-order valence-corrected chi connectivity index (χ0v) is 14.8. The highest BCUT2D eigenvalue weighted by Crippen LogP contribution is 2.27. The molecule has 3 rings (SSSR count). The Balaban J connectivity index is 1.79. The molecule has 0 aliphatic heterocycles. The molecule has 1 heterocycles. The van der Waals surface area contributed by atoms with Crippen LogP contribution in [0.5, 0.6) is 5.75 Å². The standard InChI is InChI=1S/C20H19FN2O3/c1-12-8-9-18(25-3)17(10-12)22-19(24)11-16-13(2)26-20(23-16)14-6-4-5-7-15(14)21/h4-10H,11H2,1-3H3,(H,22,24). The van der Waals surface area contributed by atoms with Gasteiger partial charge in [0.2, 0.25) is 11.8 Å². The van der Waals surface area contributed by atoms with Crippen LogP contribution in [0.3, 0.4) is 0 Å². The minimum Gasteiger partial charge on any atom is -0.495 e. The number of benzene rings is 2.